The summed E-state index contributed by atoms with van der Waals surface area (Å²) >= 11 is 1.28. The molecule has 8 heteroatoms. The van der Waals surface area contributed by atoms with E-state index in [0.717, 1.165) is 9.91 Å². The summed E-state index contributed by atoms with van der Waals surface area (Å²) < 4.78 is 19.0. The van der Waals surface area contributed by atoms with Crippen molar-refractivity contribution in [2.75, 3.05) is 11.5 Å². The van der Waals surface area contributed by atoms with Gasteiger partial charge in [-0.25, -0.2) is 9.18 Å². The van der Waals surface area contributed by atoms with Crippen LogP contribution in [0.15, 0.2) is 18.2 Å². The number of aromatic nitrogens is 2. The van der Waals surface area contributed by atoms with Crippen LogP contribution in [0.5, 0.6) is 0 Å². The molecule has 0 N–H and O–H groups in total. The van der Waals surface area contributed by atoms with Gasteiger partial charge in [-0.2, -0.15) is 5.26 Å². The zero-order valence-electron chi connectivity index (χ0n) is 10.9. The lowest BCUT2D eigenvalue weighted by molar-refractivity contribution is 0.180. The summed E-state index contributed by atoms with van der Waals surface area (Å²) in [6.45, 7) is 1.76. The predicted molar refractivity (Wildman–Crippen MR) is 73.3 cm³/mol. The van der Waals surface area contributed by atoms with Crippen LogP contribution in [0.3, 0.4) is 0 Å². The zero-order chi connectivity index (χ0) is 15.0. The van der Waals surface area contributed by atoms with E-state index >= 15 is 0 Å². The monoisotopic (exact) mass is 304 g/mol. The van der Waals surface area contributed by atoms with Gasteiger partial charge in [-0.05, 0) is 25.1 Å². The lowest BCUT2D eigenvalue weighted by Gasteiger charge is -2.16. The molecule has 1 aliphatic rings. The molecule has 1 atom stereocenters. The summed E-state index contributed by atoms with van der Waals surface area (Å²) in [4.78, 5) is 12.8. The average molecular weight is 304 g/mol. The highest BCUT2D eigenvalue weighted by atomic mass is 32.1. The molecule has 1 aliphatic heterocycles. The van der Waals surface area contributed by atoms with Crippen molar-refractivity contribution in [1.29, 1.82) is 5.26 Å². The van der Waals surface area contributed by atoms with Gasteiger partial charge in [0.05, 0.1) is 11.8 Å². The minimum atomic E-state index is -0.744. The van der Waals surface area contributed by atoms with E-state index in [1.807, 2.05) is 6.07 Å². The maximum Gasteiger partial charge on any atom is 0.415 e. The van der Waals surface area contributed by atoms with E-state index in [1.165, 1.54) is 23.5 Å². The first kappa shape index (κ1) is 13.5. The normalized spacial score (nSPS) is 17.7. The fourth-order valence-electron chi connectivity index (χ4n) is 2.03. The minimum absolute atomic E-state index is 0.0195. The number of cyclic esters (lactones) is 1. The highest BCUT2D eigenvalue weighted by molar-refractivity contribution is 7.14. The molecule has 6 nitrogen and oxygen atoms in total. The molecule has 0 spiro atoms. The number of halogens is 1. The zero-order valence-corrected chi connectivity index (χ0v) is 11.7. The minimum Gasteiger partial charge on any atom is -0.446 e. The van der Waals surface area contributed by atoms with Crippen LogP contribution >= 0.6 is 11.3 Å². The topological polar surface area (TPSA) is 79.1 Å². The SMILES string of the molecule is Cc1nnc(-c2ccc(N3C(=O)OC[C@H]3C#N)cc2F)s1. The van der Waals surface area contributed by atoms with E-state index in [2.05, 4.69) is 10.2 Å². The Hall–Kier alpha value is -2.53. The summed E-state index contributed by atoms with van der Waals surface area (Å²) in [5, 5.41) is 17.9. The number of amides is 1. The van der Waals surface area contributed by atoms with Crippen LogP contribution in [0.4, 0.5) is 14.9 Å². The second kappa shape index (κ2) is 5.10. The quantitative estimate of drug-likeness (QED) is 0.851. The Morgan fingerprint density at radius 3 is 2.95 bits per heavy atom. The lowest BCUT2D eigenvalue weighted by atomic mass is 10.1. The number of hydrogen-bond acceptors (Lipinski definition) is 6. The number of carbonyl (C=O) groups excluding carboxylic acids is 1. The molecule has 2 heterocycles. The number of benzene rings is 1. The molecule has 1 amide bonds. The van der Waals surface area contributed by atoms with Crippen molar-refractivity contribution in [3.8, 4) is 16.6 Å². The second-order valence-corrected chi connectivity index (χ2v) is 5.56. The second-order valence-electron chi connectivity index (χ2n) is 4.38. The standard InChI is InChI=1S/C13H9FN4O2S/c1-7-16-17-12(21-7)10-3-2-8(4-11(10)14)18-9(5-15)6-20-13(18)19/h2-4,9H,6H2,1H3/t9-/m1/s1. The molecular formula is C13H9FN4O2S. The maximum atomic E-state index is 14.2. The van der Waals surface area contributed by atoms with E-state index < -0.39 is 18.0 Å². The van der Waals surface area contributed by atoms with E-state index in [-0.39, 0.29) is 12.3 Å². The molecule has 1 aromatic carbocycles. The van der Waals surface area contributed by atoms with Crippen molar-refractivity contribution in [2.45, 2.75) is 13.0 Å². The number of hydrogen-bond donors (Lipinski definition) is 0. The van der Waals surface area contributed by atoms with Crippen LogP contribution < -0.4 is 4.90 Å². The van der Waals surface area contributed by atoms with Gasteiger partial charge in [0, 0.05) is 5.56 Å². The van der Waals surface area contributed by atoms with Gasteiger partial charge in [0.15, 0.2) is 11.0 Å². The molecule has 1 fully saturated rings. The fourth-order valence-corrected chi connectivity index (χ4v) is 2.75. The van der Waals surface area contributed by atoms with Gasteiger partial charge < -0.3 is 4.74 Å². The Balaban J connectivity index is 1.98. The molecule has 0 bridgehead atoms. The van der Waals surface area contributed by atoms with E-state index in [4.69, 9.17) is 10.00 Å². The summed E-state index contributed by atoms with van der Waals surface area (Å²) in [6, 6.07) is 5.48. The molecule has 0 saturated carbocycles. The van der Waals surface area contributed by atoms with Crippen LogP contribution in [-0.2, 0) is 4.74 Å². The van der Waals surface area contributed by atoms with E-state index in [1.54, 1.807) is 13.0 Å². The van der Waals surface area contributed by atoms with Crippen LogP contribution in [0, 0.1) is 24.1 Å². The van der Waals surface area contributed by atoms with Gasteiger partial charge in [0.2, 0.25) is 0 Å². The molecular weight excluding hydrogens is 295 g/mol. The van der Waals surface area contributed by atoms with Gasteiger partial charge in [0.25, 0.3) is 0 Å². The Labute approximate surface area is 123 Å². The Bertz CT molecular complexity index is 755. The van der Waals surface area contributed by atoms with Gasteiger partial charge in [-0.15, -0.1) is 10.2 Å². The first-order valence-electron chi connectivity index (χ1n) is 6.06. The molecule has 1 saturated heterocycles. The molecule has 0 aliphatic carbocycles. The summed E-state index contributed by atoms with van der Waals surface area (Å²) in [7, 11) is 0. The lowest BCUT2D eigenvalue weighted by Crippen LogP contribution is -2.32. The number of rotatable bonds is 2. The maximum absolute atomic E-state index is 14.2. The molecule has 106 valence electrons. The Morgan fingerprint density at radius 2 is 2.33 bits per heavy atom. The third-order valence-electron chi connectivity index (χ3n) is 3.01. The summed E-state index contributed by atoms with van der Waals surface area (Å²) in [6.07, 6.45) is -0.652. The van der Waals surface area contributed by atoms with Gasteiger partial charge in [-0.3, -0.25) is 4.90 Å². The van der Waals surface area contributed by atoms with E-state index in [0.29, 0.717) is 10.6 Å². The van der Waals surface area contributed by atoms with Gasteiger partial charge in [0.1, 0.15) is 17.4 Å². The number of nitriles is 1. The Morgan fingerprint density at radius 1 is 1.52 bits per heavy atom. The Kier molecular flexibility index (Phi) is 3.27. The van der Waals surface area contributed by atoms with Crippen molar-refractivity contribution in [2.24, 2.45) is 0 Å². The van der Waals surface area contributed by atoms with Crippen LogP contribution in [0.1, 0.15) is 5.01 Å². The van der Waals surface area contributed by atoms with Gasteiger partial charge in [-0.1, -0.05) is 11.3 Å². The van der Waals surface area contributed by atoms with Crippen LogP contribution in [0.25, 0.3) is 10.6 Å². The van der Waals surface area contributed by atoms with Crippen LogP contribution in [-0.4, -0.2) is 28.9 Å². The molecule has 0 radical (unpaired) electrons. The highest BCUT2D eigenvalue weighted by Crippen LogP contribution is 2.30. The molecule has 0 unspecified atom stereocenters. The highest BCUT2D eigenvalue weighted by Gasteiger charge is 2.34. The number of ether oxygens (including phenoxy) is 1. The first-order chi connectivity index (χ1) is 10.1. The van der Waals surface area contributed by atoms with Gasteiger partial charge >= 0.3 is 6.09 Å². The number of aryl methyl sites for hydroxylation is 1. The first-order valence-corrected chi connectivity index (χ1v) is 6.87. The summed E-state index contributed by atoms with van der Waals surface area (Å²) in [5.41, 5.74) is 0.594. The number of anilines is 1. The number of nitrogens with zero attached hydrogens (tertiary/aromatic N) is 4. The third-order valence-corrected chi connectivity index (χ3v) is 3.88. The van der Waals surface area contributed by atoms with Crippen molar-refractivity contribution in [1.82, 2.24) is 10.2 Å². The summed E-state index contributed by atoms with van der Waals surface area (Å²) in [5.74, 6) is -0.528. The van der Waals surface area contributed by atoms with Crippen molar-refractivity contribution in [3.63, 3.8) is 0 Å². The molecule has 3 rings (SSSR count). The smallest absolute Gasteiger partial charge is 0.415 e. The van der Waals surface area contributed by atoms with Crippen LogP contribution in [0.2, 0.25) is 0 Å². The van der Waals surface area contributed by atoms with Crippen molar-refractivity contribution in [3.05, 3.63) is 29.0 Å². The molecule has 21 heavy (non-hydrogen) atoms. The fraction of sp³-hybridized carbons (Fsp3) is 0.231. The average Bonchev–Trinajstić information content (AvgIpc) is 3.04. The van der Waals surface area contributed by atoms with Crippen molar-refractivity contribution >= 4 is 23.1 Å². The van der Waals surface area contributed by atoms with E-state index in [9.17, 15) is 9.18 Å². The predicted octanol–water partition coefficient (Wildman–Crippen LogP) is 2.50. The molecule has 1 aromatic heterocycles. The third kappa shape index (κ3) is 2.32. The molecule has 2 aromatic rings. The number of carbonyl (C=O) groups is 1. The largest absolute Gasteiger partial charge is 0.446 e. The van der Waals surface area contributed by atoms with Crippen molar-refractivity contribution < 1.29 is 13.9 Å².